The van der Waals surface area contributed by atoms with Crippen LogP contribution in [0.5, 0.6) is 5.75 Å². The zero-order valence-electron chi connectivity index (χ0n) is 19.9. The van der Waals surface area contributed by atoms with Crippen LogP contribution in [-0.4, -0.2) is 30.2 Å². The van der Waals surface area contributed by atoms with Gasteiger partial charge in [-0.2, -0.15) is 0 Å². The van der Waals surface area contributed by atoms with Crippen molar-refractivity contribution in [2.45, 2.75) is 19.8 Å². The van der Waals surface area contributed by atoms with Crippen LogP contribution in [0.1, 0.15) is 18.4 Å². The molecule has 2 saturated heterocycles. The third-order valence-electron chi connectivity index (χ3n) is 8.78. The summed E-state index contributed by atoms with van der Waals surface area (Å²) in [5.41, 5.74) is 2.38. The van der Waals surface area contributed by atoms with E-state index in [1.165, 1.54) is 4.90 Å². The topological polar surface area (TPSA) is 84.0 Å². The zero-order valence-corrected chi connectivity index (χ0v) is 19.9. The maximum absolute atomic E-state index is 13.3. The van der Waals surface area contributed by atoms with Crippen molar-refractivity contribution in [2.24, 2.45) is 41.4 Å². The van der Waals surface area contributed by atoms with Gasteiger partial charge in [-0.1, -0.05) is 29.8 Å². The number of nitrogens with zero attached hydrogens (tertiary/aromatic N) is 2. The van der Waals surface area contributed by atoms with Crippen LogP contribution in [0.2, 0.25) is 0 Å². The molecule has 2 aromatic rings. The number of anilines is 2. The van der Waals surface area contributed by atoms with Crippen molar-refractivity contribution in [3.8, 4) is 5.75 Å². The Balaban J connectivity index is 1.03. The number of ether oxygens (including phenoxy) is 1. The minimum Gasteiger partial charge on any atom is -0.426 e. The highest BCUT2D eigenvalue weighted by atomic mass is 16.5. The number of allylic oxidation sites excluding steroid dienone is 2. The van der Waals surface area contributed by atoms with E-state index in [0.717, 1.165) is 17.7 Å². The van der Waals surface area contributed by atoms with E-state index in [1.54, 1.807) is 29.2 Å². The van der Waals surface area contributed by atoms with E-state index in [0.29, 0.717) is 23.3 Å². The van der Waals surface area contributed by atoms with Gasteiger partial charge in [0.15, 0.2) is 0 Å². The first-order chi connectivity index (χ1) is 17.4. The molecule has 4 aliphatic carbocycles. The minimum atomic E-state index is -0.558. The van der Waals surface area contributed by atoms with Crippen LogP contribution in [0, 0.1) is 48.3 Å². The molecule has 0 unspecified atom stereocenters. The van der Waals surface area contributed by atoms with Gasteiger partial charge in [-0.15, -0.1) is 0 Å². The Labute approximate surface area is 208 Å². The van der Waals surface area contributed by atoms with E-state index in [-0.39, 0.29) is 54.4 Å². The van der Waals surface area contributed by atoms with Crippen molar-refractivity contribution in [1.82, 2.24) is 0 Å². The first kappa shape index (κ1) is 21.5. The Morgan fingerprint density at radius 3 is 2.03 bits per heavy atom. The molecule has 7 atom stereocenters. The number of esters is 1. The second kappa shape index (κ2) is 7.63. The van der Waals surface area contributed by atoms with Gasteiger partial charge in [0.25, 0.3) is 0 Å². The molecule has 0 aromatic heterocycles. The normalized spacial score (nSPS) is 33.7. The van der Waals surface area contributed by atoms with E-state index in [1.807, 2.05) is 31.2 Å². The maximum Gasteiger partial charge on any atom is 0.316 e. The van der Waals surface area contributed by atoms with Crippen molar-refractivity contribution < 1.29 is 23.9 Å². The van der Waals surface area contributed by atoms with Gasteiger partial charge in [0.2, 0.25) is 17.7 Å². The molecule has 0 N–H and O–H groups in total. The highest BCUT2D eigenvalue weighted by molar-refractivity contribution is 6.22. The standard InChI is InChI=1S/C29H26N2O5/c1-15-2-4-17(5-3-15)30-14-16(12-24(30)32)29(35)36-19-8-6-18(7-9-19)31-27(33)25-20-10-11-21(23-13-22(20)23)26(25)28(31)34/h2-11,16,20-23,25-26H,12-14H2,1H3/t16-,20+,21+,22-,23+,25-,26+/m1/s1. The average molecular weight is 483 g/mol. The number of rotatable bonds is 4. The predicted molar refractivity (Wildman–Crippen MR) is 131 cm³/mol. The molecule has 2 aromatic carbocycles. The fraction of sp³-hybridized carbons (Fsp3) is 0.379. The Bertz CT molecular complexity index is 1290. The number of aryl methyl sites for hydroxylation is 1. The summed E-state index contributed by atoms with van der Waals surface area (Å²) in [6.07, 6.45) is 5.55. The summed E-state index contributed by atoms with van der Waals surface area (Å²) in [6.45, 7) is 2.25. The average Bonchev–Trinajstić information content (AvgIpc) is 3.56. The Morgan fingerprint density at radius 1 is 0.833 bits per heavy atom. The molecular weight excluding hydrogens is 456 g/mol. The van der Waals surface area contributed by atoms with Crippen LogP contribution in [0.25, 0.3) is 0 Å². The third kappa shape index (κ3) is 3.11. The molecule has 36 heavy (non-hydrogen) atoms. The number of hydrogen-bond donors (Lipinski definition) is 0. The van der Waals surface area contributed by atoms with E-state index in [4.69, 9.17) is 4.74 Å². The van der Waals surface area contributed by atoms with Gasteiger partial charge >= 0.3 is 5.97 Å². The Hall–Kier alpha value is -3.74. The lowest BCUT2D eigenvalue weighted by Gasteiger charge is -2.37. The molecule has 3 amide bonds. The molecule has 8 rings (SSSR count). The number of amides is 3. The molecule has 6 aliphatic rings. The molecule has 182 valence electrons. The maximum atomic E-state index is 13.3. The van der Waals surface area contributed by atoms with Gasteiger partial charge < -0.3 is 9.64 Å². The van der Waals surface area contributed by atoms with E-state index >= 15 is 0 Å². The lowest BCUT2D eigenvalue weighted by molar-refractivity contribution is -0.139. The molecule has 2 heterocycles. The molecule has 2 saturated carbocycles. The molecule has 4 fully saturated rings. The second-order valence-corrected chi connectivity index (χ2v) is 10.8. The van der Waals surface area contributed by atoms with E-state index < -0.39 is 11.9 Å². The first-order valence-corrected chi connectivity index (χ1v) is 12.7. The minimum absolute atomic E-state index is 0.0999. The van der Waals surface area contributed by atoms with Gasteiger partial charge in [-0.05, 0) is 73.4 Å². The zero-order chi connectivity index (χ0) is 24.7. The SMILES string of the molecule is Cc1ccc(N2C[C@H](C(=O)Oc3ccc(N4C(=O)[C@@H]5[C@H]6C=C[C@@H]([C@@H]7C[C@H]67)[C@@H]5C4=O)cc3)CC2=O)cc1. The summed E-state index contributed by atoms with van der Waals surface area (Å²) in [7, 11) is 0. The van der Waals surface area contributed by atoms with Gasteiger partial charge in [0, 0.05) is 18.7 Å². The van der Waals surface area contributed by atoms with Crippen LogP contribution in [0.15, 0.2) is 60.7 Å². The lowest BCUT2D eigenvalue weighted by atomic mass is 9.63. The first-order valence-electron chi connectivity index (χ1n) is 12.7. The monoisotopic (exact) mass is 482 g/mol. The number of hydrogen-bond acceptors (Lipinski definition) is 5. The fourth-order valence-electron chi connectivity index (χ4n) is 6.91. The molecule has 0 radical (unpaired) electrons. The smallest absolute Gasteiger partial charge is 0.316 e. The second-order valence-electron chi connectivity index (χ2n) is 10.8. The largest absolute Gasteiger partial charge is 0.426 e. The van der Waals surface area contributed by atoms with Gasteiger partial charge in [0.1, 0.15) is 5.75 Å². The van der Waals surface area contributed by atoms with Crippen LogP contribution in [-0.2, 0) is 19.2 Å². The van der Waals surface area contributed by atoms with Crippen molar-refractivity contribution in [3.63, 3.8) is 0 Å². The van der Waals surface area contributed by atoms with Gasteiger partial charge in [0.05, 0.1) is 23.4 Å². The molecule has 2 bridgehead atoms. The summed E-state index contributed by atoms with van der Waals surface area (Å²) in [4.78, 5) is 54.8. The highest BCUT2D eigenvalue weighted by Crippen LogP contribution is 2.65. The quantitative estimate of drug-likeness (QED) is 0.288. The van der Waals surface area contributed by atoms with Crippen LogP contribution in [0.4, 0.5) is 11.4 Å². The molecule has 7 heteroatoms. The van der Waals surface area contributed by atoms with Crippen LogP contribution < -0.4 is 14.5 Å². The molecule has 7 nitrogen and oxygen atoms in total. The van der Waals surface area contributed by atoms with Crippen molar-refractivity contribution in [3.05, 3.63) is 66.2 Å². The van der Waals surface area contributed by atoms with Crippen LogP contribution in [0.3, 0.4) is 0 Å². The molecule has 2 aliphatic heterocycles. The third-order valence-corrected chi connectivity index (χ3v) is 8.78. The van der Waals surface area contributed by atoms with E-state index in [2.05, 4.69) is 12.2 Å². The summed E-state index contributed by atoms with van der Waals surface area (Å²) in [5.74, 6) is -0.0387. The van der Waals surface area contributed by atoms with Gasteiger partial charge in [-0.3, -0.25) is 24.1 Å². The van der Waals surface area contributed by atoms with Gasteiger partial charge in [-0.25, -0.2) is 0 Å². The summed E-state index contributed by atoms with van der Waals surface area (Å²) in [5, 5.41) is 0. The number of benzene rings is 2. The number of carbonyl (C=O) groups excluding carboxylic acids is 4. The molecular formula is C29H26N2O5. The summed E-state index contributed by atoms with van der Waals surface area (Å²) < 4.78 is 5.56. The number of carbonyl (C=O) groups is 4. The van der Waals surface area contributed by atoms with Crippen LogP contribution >= 0.6 is 0 Å². The highest BCUT2D eigenvalue weighted by Gasteiger charge is 2.67. The van der Waals surface area contributed by atoms with E-state index in [9.17, 15) is 19.2 Å². The summed E-state index contributed by atoms with van der Waals surface area (Å²) >= 11 is 0. The number of imide groups is 1. The Morgan fingerprint density at radius 2 is 1.42 bits per heavy atom. The van der Waals surface area contributed by atoms with Crippen molar-refractivity contribution >= 4 is 35.1 Å². The van der Waals surface area contributed by atoms with Crippen molar-refractivity contribution in [2.75, 3.05) is 16.3 Å². The molecule has 0 spiro atoms. The predicted octanol–water partition coefficient (Wildman–Crippen LogP) is 3.51. The lowest BCUT2D eigenvalue weighted by Crippen LogP contribution is -2.40. The Kier molecular flexibility index (Phi) is 4.56. The fourth-order valence-corrected chi connectivity index (χ4v) is 6.91. The summed E-state index contributed by atoms with van der Waals surface area (Å²) in [6, 6.07) is 14.1. The van der Waals surface area contributed by atoms with Crippen molar-refractivity contribution in [1.29, 1.82) is 0 Å².